The van der Waals surface area contributed by atoms with E-state index < -0.39 is 0 Å². The third-order valence-electron chi connectivity index (χ3n) is 2.90. The van der Waals surface area contributed by atoms with E-state index in [1.54, 1.807) is 18.2 Å². The summed E-state index contributed by atoms with van der Waals surface area (Å²) in [5, 5.41) is 3.39. The minimum Gasteiger partial charge on any atom is -0.397 e. The van der Waals surface area contributed by atoms with Crippen LogP contribution in [0.3, 0.4) is 0 Å². The second kappa shape index (κ2) is 6.45. The van der Waals surface area contributed by atoms with E-state index in [1.807, 2.05) is 31.1 Å². The SMILES string of the molecule is CN(C)c1ccc(NC(=O)Cc2ccc(N)cn2)cc1Cl. The zero-order valence-corrected chi connectivity index (χ0v) is 12.7. The highest BCUT2D eigenvalue weighted by molar-refractivity contribution is 6.33. The van der Waals surface area contributed by atoms with Gasteiger partial charge >= 0.3 is 0 Å². The third kappa shape index (κ3) is 4.10. The van der Waals surface area contributed by atoms with Gasteiger partial charge in [-0.2, -0.15) is 0 Å². The van der Waals surface area contributed by atoms with Gasteiger partial charge in [0.1, 0.15) is 0 Å². The number of aromatic nitrogens is 1. The topological polar surface area (TPSA) is 71.2 Å². The Labute approximate surface area is 128 Å². The summed E-state index contributed by atoms with van der Waals surface area (Å²) in [7, 11) is 3.82. The van der Waals surface area contributed by atoms with E-state index in [-0.39, 0.29) is 12.3 Å². The number of halogens is 1. The van der Waals surface area contributed by atoms with Crippen LogP contribution in [0.5, 0.6) is 0 Å². The second-order valence-electron chi connectivity index (χ2n) is 4.87. The number of carbonyl (C=O) groups is 1. The van der Waals surface area contributed by atoms with Crippen molar-refractivity contribution in [3.05, 3.63) is 47.2 Å². The molecule has 3 N–H and O–H groups in total. The third-order valence-corrected chi connectivity index (χ3v) is 3.21. The molecule has 0 aliphatic carbocycles. The van der Waals surface area contributed by atoms with Crippen molar-refractivity contribution < 1.29 is 4.79 Å². The molecule has 0 aliphatic rings. The summed E-state index contributed by atoms with van der Waals surface area (Å²) in [5.74, 6) is -0.152. The van der Waals surface area contributed by atoms with Crippen molar-refractivity contribution in [1.82, 2.24) is 4.98 Å². The molecule has 0 bridgehead atoms. The van der Waals surface area contributed by atoms with Gasteiger partial charge in [-0.05, 0) is 30.3 Å². The Morgan fingerprint density at radius 3 is 2.67 bits per heavy atom. The van der Waals surface area contributed by atoms with Crippen LogP contribution in [0.25, 0.3) is 0 Å². The molecule has 21 heavy (non-hydrogen) atoms. The Morgan fingerprint density at radius 1 is 1.33 bits per heavy atom. The van der Waals surface area contributed by atoms with Crippen molar-refractivity contribution in [1.29, 1.82) is 0 Å². The number of nitrogen functional groups attached to an aromatic ring is 1. The summed E-state index contributed by atoms with van der Waals surface area (Å²) in [6.07, 6.45) is 1.72. The summed E-state index contributed by atoms with van der Waals surface area (Å²) in [6.45, 7) is 0. The van der Waals surface area contributed by atoms with Crippen molar-refractivity contribution in [3.8, 4) is 0 Å². The maximum Gasteiger partial charge on any atom is 0.230 e. The quantitative estimate of drug-likeness (QED) is 0.910. The maximum atomic E-state index is 12.0. The summed E-state index contributed by atoms with van der Waals surface area (Å²) >= 11 is 6.17. The van der Waals surface area contributed by atoms with E-state index in [2.05, 4.69) is 10.3 Å². The molecule has 0 radical (unpaired) electrons. The molecule has 2 aromatic rings. The molecular formula is C15H17ClN4O. The molecule has 0 fully saturated rings. The molecule has 6 heteroatoms. The normalized spacial score (nSPS) is 10.2. The van der Waals surface area contributed by atoms with Gasteiger partial charge in [-0.1, -0.05) is 11.6 Å². The Kier molecular flexibility index (Phi) is 4.65. The molecule has 0 aliphatic heterocycles. The average Bonchev–Trinajstić information content (AvgIpc) is 2.41. The molecular weight excluding hydrogens is 288 g/mol. The van der Waals surface area contributed by atoms with Gasteiger partial charge in [0.15, 0.2) is 0 Å². The van der Waals surface area contributed by atoms with Crippen LogP contribution in [0.1, 0.15) is 5.69 Å². The number of nitrogens with two attached hydrogens (primary N) is 1. The average molecular weight is 305 g/mol. The number of anilines is 3. The molecule has 0 atom stereocenters. The zero-order chi connectivity index (χ0) is 15.4. The number of amides is 1. The molecule has 110 valence electrons. The van der Waals surface area contributed by atoms with E-state index in [4.69, 9.17) is 17.3 Å². The standard InChI is InChI=1S/C15H17ClN4O/c1-20(2)14-6-5-12(7-13(14)16)19-15(21)8-11-4-3-10(17)9-18-11/h3-7,9H,8,17H2,1-2H3,(H,19,21). The summed E-state index contributed by atoms with van der Waals surface area (Å²) in [4.78, 5) is 18.0. The van der Waals surface area contributed by atoms with Gasteiger partial charge < -0.3 is 16.0 Å². The fourth-order valence-electron chi connectivity index (χ4n) is 1.86. The first-order valence-electron chi connectivity index (χ1n) is 6.43. The highest BCUT2D eigenvalue weighted by Gasteiger charge is 2.08. The van der Waals surface area contributed by atoms with Crippen molar-refractivity contribution in [3.63, 3.8) is 0 Å². The van der Waals surface area contributed by atoms with Gasteiger partial charge in [0, 0.05) is 25.5 Å². The van der Waals surface area contributed by atoms with Crippen LogP contribution in [-0.2, 0) is 11.2 Å². The van der Waals surface area contributed by atoms with Crippen LogP contribution in [0, 0.1) is 0 Å². The second-order valence-corrected chi connectivity index (χ2v) is 5.28. The molecule has 5 nitrogen and oxygen atoms in total. The maximum absolute atomic E-state index is 12.0. The van der Waals surface area contributed by atoms with Crippen molar-refractivity contribution in [2.24, 2.45) is 0 Å². The highest BCUT2D eigenvalue weighted by Crippen LogP contribution is 2.27. The molecule has 0 saturated carbocycles. The lowest BCUT2D eigenvalue weighted by Gasteiger charge is -2.15. The van der Waals surface area contributed by atoms with E-state index in [0.717, 1.165) is 5.69 Å². The fraction of sp³-hybridized carbons (Fsp3) is 0.200. The number of rotatable bonds is 4. The lowest BCUT2D eigenvalue weighted by Crippen LogP contribution is -2.15. The predicted octanol–water partition coefficient (Wildman–Crippen LogP) is 2.56. The van der Waals surface area contributed by atoms with Crippen LogP contribution in [-0.4, -0.2) is 25.0 Å². The van der Waals surface area contributed by atoms with Gasteiger partial charge in [-0.15, -0.1) is 0 Å². The molecule has 1 heterocycles. The van der Waals surface area contributed by atoms with Gasteiger partial charge in [0.05, 0.1) is 29.0 Å². The minimum atomic E-state index is -0.152. The molecule has 1 amide bonds. The van der Waals surface area contributed by atoms with Crippen LogP contribution in [0.4, 0.5) is 17.1 Å². The minimum absolute atomic E-state index is 0.152. The monoisotopic (exact) mass is 304 g/mol. The number of pyridine rings is 1. The van der Waals surface area contributed by atoms with Gasteiger partial charge in [0.2, 0.25) is 5.91 Å². The number of hydrogen-bond acceptors (Lipinski definition) is 4. The van der Waals surface area contributed by atoms with E-state index in [0.29, 0.717) is 22.1 Å². The predicted molar refractivity (Wildman–Crippen MR) is 86.8 cm³/mol. The van der Waals surface area contributed by atoms with E-state index >= 15 is 0 Å². The van der Waals surface area contributed by atoms with Crippen molar-refractivity contribution in [2.75, 3.05) is 30.0 Å². The lowest BCUT2D eigenvalue weighted by molar-refractivity contribution is -0.115. The van der Waals surface area contributed by atoms with E-state index in [1.165, 1.54) is 6.20 Å². The van der Waals surface area contributed by atoms with Gasteiger partial charge in [0.25, 0.3) is 0 Å². The van der Waals surface area contributed by atoms with Crippen LogP contribution in [0.15, 0.2) is 36.5 Å². The molecule has 2 rings (SSSR count). The van der Waals surface area contributed by atoms with Crippen LogP contribution in [0.2, 0.25) is 5.02 Å². The molecule has 0 saturated heterocycles. The number of hydrogen-bond donors (Lipinski definition) is 2. The first-order chi connectivity index (χ1) is 9.95. The smallest absolute Gasteiger partial charge is 0.230 e. The molecule has 0 spiro atoms. The Balaban J connectivity index is 2.02. The Bertz CT molecular complexity index is 641. The lowest BCUT2D eigenvalue weighted by atomic mass is 10.2. The number of carbonyl (C=O) groups excluding carboxylic acids is 1. The zero-order valence-electron chi connectivity index (χ0n) is 11.9. The van der Waals surface area contributed by atoms with Gasteiger partial charge in [-0.3, -0.25) is 9.78 Å². The molecule has 0 unspecified atom stereocenters. The van der Waals surface area contributed by atoms with Gasteiger partial charge in [-0.25, -0.2) is 0 Å². The molecule has 1 aromatic carbocycles. The highest BCUT2D eigenvalue weighted by atomic mass is 35.5. The molecule has 1 aromatic heterocycles. The summed E-state index contributed by atoms with van der Waals surface area (Å²) in [5.41, 5.74) is 8.35. The van der Waals surface area contributed by atoms with Crippen LogP contribution < -0.4 is 16.0 Å². The first kappa shape index (κ1) is 15.1. The van der Waals surface area contributed by atoms with E-state index in [9.17, 15) is 4.79 Å². The number of nitrogens with zero attached hydrogens (tertiary/aromatic N) is 2. The van der Waals surface area contributed by atoms with Crippen molar-refractivity contribution in [2.45, 2.75) is 6.42 Å². The summed E-state index contributed by atoms with van der Waals surface area (Å²) < 4.78 is 0. The van der Waals surface area contributed by atoms with Crippen LogP contribution >= 0.6 is 11.6 Å². The Morgan fingerprint density at radius 2 is 2.10 bits per heavy atom. The fourth-order valence-corrected chi connectivity index (χ4v) is 2.21. The van der Waals surface area contributed by atoms with Crippen molar-refractivity contribution >= 4 is 34.6 Å². The number of benzene rings is 1. The first-order valence-corrected chi connectivity index (χ1v) is 6.80. The number of nitrogens with one attached hydrogen (secondary N) is 1. The summed E-state index contributed by atoms with van der Waals surface area (Å²) in [6, 6.07) is 8.86. The largest absolute Gasteiger partial charge is 0.397 e. The Hall–Kier alpha value is -2.27.